The summed E-state index contributed by atoms with van der Waals surface area (Å²) in [6.45, 7) is 3.38. The highest BCUT2D eigenvalue weighted by molar-refractivity contribution is 7.47. The van der Waals surface area contributed by atoms with Crippen LogP contribution >= 0.6 is 7.82 Å². The number of unbranched alkanes of at least 4 members (excludes halogenated alkanes) is 20. The van der Waals surface area contributed by atoms with Gasteiger partial charge in [-0.1, -0.05) is 214 Å². The van der Waals surface area contributed by atoms with Gasteiger partial charge in [-0.05, 0) is 89.9 Å². The maximum absolute atomic E-state index is 12.2. The number of nitrogens with one attached hydrogen (secondary N) is 1. The lowest BCUT2D eigenvalue weighted by molar-refractivity contribution is -0.147. The van der Waals surface area contributed by atoms with Crippen molar-refractivity contribution in [3.05, 3.63) is 97.2 Å². The van der Waals surface area contributed by atoms with Gasteiger partial charge in [0.2, 0.25) is 5.91 Å². The first-order valence-electron chi connectivity index (χ1n) is 26.7. The minimum absolute atomic E-state index is 0.0707. The number of hydrogen-bond acceptors (Lipinski definition) is 7. The topological polar surface area (TPSA) is 131 Å². The van der Waals surface area contributed by atoms with E-state index < -0.39 is 26.5 Å². The van der Waals surface area contributed by atoms with Crippen molar-refractivity contribution in [1.82, 2.24) is 5.32 Å². The normalized spacial score (nSPS) is 13.9. The summed E-state index contributed by atoms with van der Waals surface area (Å²) >= 11 is 0. The zero-order chi connectivity index (χ0) is 48.8. The van der Waals surface area contributed by atoms with Crippen molar-refractivity contribution in [2.24, 2.45) is 0 Å². The summed E-state index contributed by atoms with van der Waals surface area (Å²) in [5.41, 5.74) is 0. The van der Waals surface area contributed by atoms with Gasteiger partial charge in [0.25, 0.3) is 0 Å². The first-order chi connectivity index (χ1) is 32.8. The van der Waals surface area contributed by atoms with Gasteiger partial charge >= 0.3 is 13.8 Å². The number of phosphoric acid groups is 1. The highest BCUT2D eigenvalue weighted by Gasteiger charge is 2.23. The molecular formula is C57H98NO8P. The lowest BCUT2D eigenvalue weighted by Gasteiger charge is -2.15. The second-order valence-corrected chi connectivity index (χ2v) is 18.9. The predicted molar refractivity (Wildman–Crippen MR) is 284 cm³/mol. The lowest BCUT2D eigenvalue weighted by Crippen LogP contribution is -2.27. The fourth-order valence-electron chi connectivity index (χ4n) is 7.01. The first-order valence-corrected chi connectivity index (χ1v) is 28.2. The molecule has 1 amide bonds. The van der Waals surface area contributed by atoms with Crippen molar-refractivity contribution in [3.63, 3.8) is 0 Å². The molecular weight excluding hydrogens is 858 g/mol. The average molecular weight is 956 g/mol. The Kier molecular flexibility index (Phi) is 49.9. The Balaban J connectivity index is 3.65. The number of allylic oxidation sites excluding steroid dienone is 16. The van der Waals surface area contributed by atoms with Gasteiger partial charge in [-0.3, -0.25) is 18.6 Å². The molecule has 0 aliphatic heterocycles. The number of ether oxygens (including phenoxy) is 1. The number of hydrogen-bond donors (Lipinski definition) is 3. The highest BCUT2D eigenvalue weighted by atomic mass is 31.2. The number of carbonyl (C=O) groups is 2. The number of aliphatic hydroxyl groups is 1. The van der Waals surface area contributed by atoms with E-state index >= 15 is 0 Å². The number of esters is 1. The van der Waals surface area contributed by atoms with Crippen LogP contribution in [0, 0.1) is 0 Å². The Morgan fingerprint density at radius 3 is 1.33 bits per heavy atom. The molecule has 0 rings (SSSR count). The summed E-state index contributed by atoms with van der Waals surface area (Å²) in [6.07, 6.45) is 69.3. The number of aliphatic hydroxyl groups excluding tert-OH is 1. The van der Waals surface area contributed by atoms with E-state index in [0.717, 1.165) is 70.6 Å². The maximum atomic E-state index is 12.2. The molecule has 0 aromatic heterocycles. The van der Waals surface area contributed by atoms with Crippen LogP contribution in [-0.2, 0) is 27.9 Å². The van der Waals surface area contributed by atoms with Crippen LogP contribution in [0.15, 0.2) is 97.2 Å². The molecule has 9 nitrogen and oxygen atoms in total. The van der Waals surface area contributed by atoms with Crippen molar-refractivity contribution >= 4 is 19.7 Å². The van der Waals surface area contributed by atoms with Crippen molar-refractivity contribution in [1.29, 1.82) is 0 Å². The summed E-state index contributed by atoms with van der Waals surface area (Å²) in [5, 5.41) is 12.8. The molecule has 0 saturated carbocycles. The monoisotopic (exact) mass is 956 g/mol. The van der Waals surface area contributed by atoms with Gasteiger partial charge in [0.1, 0.15) is 12.7 Å². The molecule has 0 aliphatic carbocycles. The fraction of sp³-hybridized carbons (Fsp3) is 0.684. The average Bonchev–Trinajstić information content (AvgIpc) is 3.32. The van der Waals surface area contributed by atoms with Crippen LogP contribution in [-0.4, -0.2) is 54.3 Å². The van der Waals surface area contributed by atoms with Gasteiger partial charge in [0, 0.05) is 19.4 Å². The molecule has 0 radical (unpaired) electrons. The van der Waals surface area contributed by atoms with Gasteiger partial charge in [-0.25, -0.2) is 4.57 Å². The highest BCUT2D eigenvalue weighted by Crippen LogP contribution is 2.42. The van der Waals surface area contributed by atoms with Gasteiger partial charge in [0.05, 0.1) is 13.2 Å². The second-order valence-electron chi connectivity index (χ2n) is 17.5. The first kappa shape index (κ1) is 63.9. The largest absolute Gasteiger partial charge is 0.472 e. The quantitative estimate of drug-likeness (QED) is 0.0238. The SMILES string of the molecule is CC/C=C\C/C=C\C/C=C\C/C=C\C/C=C\C/C=C\C/C=C\CCCC(=O)OCC(O)COP(=O)(O)OCCNC(=O)CCCCCCCCCCCCCCC/C=C/CCCCCCCC. The molecule has 3 N–H and O–H groups in total. The van der Waals surface area contributed by atoms with E-state index in [1.165, 1.54) is 116 Å². The summed E-state index contributed by atoms with van der Waals surface area (Å²) < 4.78 is 27.0. The van der Waals surface area contributed by atoms with E-state index in [0.29, 0.717) is 12.8 Å². The van der Waals surface area contributed by atoms with E-state index in [1.54, 1.807) is 0 Å². The Bertz CT molecular complexity index is 1410. The Morgan fingerprint density at radius 2 is 0.866 bits per heavy atom. The maximum Gasteiger partial charge on any atom is 0.472 e. The fourth-order valence-corrected chi connectivity index (χ4v) is 7.77. The van der Waals surface area contributed by atoms with Crippen molar-refractivity contribution in [2.75, 3.05) is 26.4 Å². The smallest absolute Gasteiger partial charge is 0.463 e. The van der Waals surface area contributed by atoms with Crippen molar-refractivity contribution < 1.29 is 37.9 Å². The zero-order valence-corrected chi connectivity index (χ0v) is 43.5. The third-order valence-corrected chi connectivity index (χ3v) is 12.0. The Hall–Kier alpha value is -3.07. The van der Waals surface area contributed by atoms with Crippen LogP contribution in [0.3, 0.4) is 0 Å². The predicted octanol–water partition coefficient (Wildman–Crippen LogP) is 16.1. The molecule has 384 valence electrons. The van der Waals surface area contributed by atoms with Crippen molar-refractivity contribution in [2.45, 2.75) is 225 Å². The molecule has 0 spiro atoms. The zero-order valence-electron chi connectivity index (χ0n) is 42.6. The van der Waals surface area contributed by atoms with Crippen LogP contribution in [0.25, 0.3) is 0 Å². The third kappa shape index (κ3) is 53.7. The number of phosphoric ester groups is 1. The summed E-state index contributed by atoms with van der Waals surface area (Å²) in [5.74, 6) is -0.579. The molecule has 67 heavy (non-hydrogen) atoms. The van der Waals surface area contributed by atoms with Gasteiger partial charge < -0.3 is 20.1 Å². The minimum atomic E-state index is -4.44. The van der Waals surface area contributed by atoms with E-state index in [4.69, 9.17) is 13.8 Å². The molecule has 0 fully saturated rings. The van der Waals surface area contributed by atoms with Crippen LogP contribution < -0.4 is 5.32 Å². The Morgan fingerprint density at radius 1 is 0.478 bits per heavy atom. The van der Waals surface area contributed by atoms with E-state index in [2.05, 4.69) is 110 Å². The Labute approximate surface area is 410 Å². The number of amides is 1. The number of rotatable bonds is 49. The molecule has 0 aromatic rings. The van der Waals surface area contributed by atoms with E-state index in [1.807, 2.05) is 6.08 Å². The summed E-state index contributed by atoms with van der Waals surface area (Å²) in [7, 11) is -4.44. The van der Waals surface area contributed by atoms with E-state index in [-0.39, 0.29) is 32.1 Å². The summed E-state index contributed by atoms with van der Waals surface area (Å²) in [4.78, 5) is 34.1. The van der Waals surface area contributed by atoms with Crippen LogP contribution in [0.2, 0.25) is 0 Å². The van der Waals surface area contributed by atoms with Gasteiger partial charge in [-0.2, -0.15) is 0 Å². The van der Waals surface area contributed by atoms with Crippen LogP contribution in [0.5, 0.6) is 0 Å². The van der Waals surface area contributed by atoms with Gasteiger partial charge in [-0.15, -0.1) is 0 Å². The summed E-state index contributed by atoms with van der Waals surface area (Å²) in [6, 6.07) is 0. The third-order valence-electron chi connectivity index (χ3n) is 11.0. The van der Waals surface area contributed by atoms with E-state index in [9.17, 15) is 24.2 Å². The molecule has 0 heterocycles. The molecule has 10 heteroatoms. The molecule has 0 bridgehead atoms. The second kappa shape index (κ2) is 52.3. The minimum Gasteiger partial charge on any atom is -0.463 e. The molecule has 2 atom stereocenters. The molecule has 0 aliphatic rings. The lowest BCUT2D eigenvalue weighted by atomic mass is 10.0. The number of carbonyl (C=O) groups excluding carboxylic acids is 2. The van der Waals surface area contributed by atoms with Crippen molar-refractivity contribution in [3.8, 4) is 0 Å². The van der Waals surface area contributed by atoms with Crippen LogP contribution in [0.4, 0.5) is 0 Å². The molecule has 0 aromatic carbocycles. The van der Waals surface area contributed by atoms with Crippen LogP contribution in [0.1, 0.15) is 219 Å². The molecule has 2 unspecified atom stereocenters. The van der Waals surface area contributed by atoms with Gasteiger partial charge in [0.15, 0.2) is 0 Å². The molecule has 0 saturated heterocycles. The standard InChI is InChI=1S/C57H98NO8P/c1-3-5-7-9-11-13-15-17-19-21-23-25-27-29-31-33-35-37-39-41-43-45-47-49-56(60)58-51-52-65-67(62,63)66-54-55(59)53-64-57(61)50-48-46-44-42-40-38-36-34-32-30-28-26-24-22-20-18-16-14-12-10-8-6-4-2/h6,8,12,14,17-20,24,26,30,32,36,38,42,44,55,59H,3-5,7,9-11,13,15-16,21-23,25,27-29,31,33-35,37,39-41,43,45-54H2,1-2H3,(H,58,60)(H,62,63)/b8-6-,14-12-,19-17+,20-18-,26-24-,32-30-,38-36-,44-42-.